The van der Waals surface area contributed by atoms with E-state index in [1.54, 1.807) is 12.1 Å². The zero-order valence-corrected chi connectivity index (χ0v) is 12.9. The Kier molecular flexibility index (Phi) is 5.79. The lowest BCUT2D eigenvalue weighted by molar-refractivity contribution is 0.157. The van der Waals surface area contributed by atoms with Crippen molar-refractivity contribution in [3.8, 4) is 0 Å². The van der Waals surface area contributed by atoms with Gasteiger partial charge in [0.15, 0.2) is 0 Å². The fourth-order valence-corrected chi connectivity index (χ4v) is 3.30. The van der Waals surface area contributed by atoms with Crippen LogP contribution >= 0.6 is 0 Å². The van der Waals surface area contributed by atoms with E-state index >= 15 is 0 Å². The zero-order valence-electron chi connectivity index (χ0n) is 12.9. The zero-order chi connectivity index (χ0) is 15.4. The van der Waals surface area contributed by atoms with E-state index < -0.39 is 12.9 Å². The van der Waals surface area contributed by atoms with E-state index in [2.05, 4.69) is 18.9 Å². The van der Waals surface area contributed by atoms with Crippen molar-refractivity contribution in [3.05, 3.63) is 29.6 Å². The minimum absolute atomic E-state index is 0.0457. The SMILES string of the molecule is CCC1CCC(N(C)Cc2ccc(F)c(B(O)O)c2)CC1. The Labute approximate surface area is 126 Å². The fourth-order valence-electron chi connectivity index (χ4n) is 3.30. The maximum Gasteiger partial charge on any atom is 0.491 e. The van der Waals surface area contributed by atoms with Crippen molar-refractivity contribution in [1.29, 1.82) is 0 Å². The number of halogens is 1. The molecule has 0 bridgehead atoms. The van der Waals surface area contributed by atoms with Gasteiger partial charge in [-0.3, -0.25) is 4.90 Å². The summed E-state index contributed by atoms with van der Waals surface area (Å²) in [5.74, 6) is 0.302. The molecule has 1 saturated carbocycles. The van der Waals surface area contributed by atoms with Gasteiger partial charge in [0, 0.05) is 18.0 Å². The quantitative estimate of drug-likeness (QED) is 0.815. The van der Waals surface area contributed by atoms with Gasteiger partial charge in [-0.05, 0) is 50.3 Å². The van der Waals surface area contributed by atoms with E-state index in [4.69, 9.17) is 0 Å². The van der Waals surface area contributed by atoms with E-state index in [1.165, 1.54) is 38.2 Å². The number of hydrogen-bond acceptors (Lipinski definition) is 3. The first-order valence-corrected chi connectivity index (χ1v) is 7.86. The first-order chi connectivity index (χ1) is 10.0. The second-order valence-corrected chi connectivity index (χ2v) is 6.23. The molecule has 116 valence electrons. The summed E-state index contributed by atoms with van der Waals surface area (Å²) in [6.45, 7) is 2.97. The number of hydrogen-bond donors (Lipinski definition) is 2. The largest absolute Gasteiger partial charge is 0.491 e. The van der Waals surface area contributed by atoms with Gasteiger partial charge in [-0.25, -0.2) is 4.39 Å². The highest BCUT2D eigenvalue weighted by atomic mass is 19.1. The normalized spacial score (nSPS) is 22.6. The van der Waals surface area contributed by atoms with Crippen molar-refractivity contribution in [3.63, 3.8) is 0 Å². The highest BCUT2D eigenvalue weighted by Crippen LogP contribution is 2.29. The van der Waals surface area contributed by atoms with Crippen molar-refractivity contribution < 1.29 is 14.4 Å². The molecule has 0 aromatic heterocycles. The summed E-state index contributed by atoms with van der Waals surface area (Å²) >= 11 is 0. The molecule has 1 aliphatic carbocycles. The Balaban J connectivity index is 1.96. The van der Waals surface area contributed by atoms with Crippen LogP contribution in [0.2, 0.25) is 0 Å². The average Bonchev–Trinajstić information content (AvgIpc) is 2.49. The number of benzene rings is 1. The van der Waals surface area contributed by atoms with Crippen LogP contribution in [0.15, 0.2) is 18.2 Å². The molecular formula is C16H25BFNO2. The second-order valence-electron chi connectivity index (χ2n) is 6.23. The summed E-state index contributed by atoms with van der Waals surface area (Å²) in [5, 5.41) is 18.3. The molecule has 21 heavy (non-hydrogen) atoms. The molecule has 0 atom stereocenters. The predicted molar refractivity (Wildman–Crippen MR) is 83.7 cm³/mol. The third kappa shape index (κ3) is 4.28. The Morgan fingerprint density at radius 3 is 2.48 bits per heavy atom. The van der Waals surface area contributed by atoms with E-state index in [0.29, 0.717) is 12.6 Å². The molecule has 0 radical (unpaired) electrons. The van der Waals surface area contributed by atoms with Crippen LogP contribution in [0.4, 0.5) is 4.39 Å². The average molecular weight is 293 g/mol. The van der Waals surface area contributed by atoms with Gasteiger partial charge in [-0.1, -0.05) is 25.5 Å². The van der Waals surface area contributed by atoms with Crippen LogP contribution in [0.5, 0.6) is 0 Å². The monoisotopic (exact) mass is 293 g/mol. The molecule has 1 fully saturated rings. The van der Waals surface area contributed by atoms with Crippen molar-refractivity contribution in [1.82, 2.24) is 4.90 Å². The number of nitrogens with zero attached hydrogens (tertiary/aromatic N) is 1. The molecule has 0 heterocycles. The first kappa shape index (κ1) is 16.5. The van der Waals surface area contributed by atoms with Gasteiger partial charge in [0.1, 0.15) is 5.82 Å². The molecule has 2 N–H and O–H groups in total. The van der Waals surface area contributed by atoms with Crippen LogP contribution in [0.1, 0.15) is 44.6 Å². The van der Waals surface area contributed by atoms with Gasteiger partial charge >= 0.3 is 7.12 Å². The molecule has 0 aliphatic heterocycles. The minimum Gasteiger partial charge on any atom is -0.423 e. The maximum atomic E-state index is 13.5. The summed E-state index contributed by atoms with van der Waals surface area (Å²) in [7, 11) is 0.338. The molecule has 1 aromatic rings. The Morgan fingerprint density at radius 1 is 1.24 bits per heavy atom. The maximum absolute atomic E-state index is 13.5. The van der Waals surface area contributed by atoms with Crippen LogP contribution in [0.3, 0.4) is 0 Å². The van der Waals surface area contributed by atoms with E-state index in [9.17, 15) is 14.4 Å². The van der Waals surface area contributed by atoms with Crippen molar-refractivity contribution in [2.24, 2.45) is 5.92 Å². The minimum atomic E-state index is -1.75. The van der Waals surface area contributed by atoms with Crippen LogP contribution in [-0.2, 0) is 6.54 Å². The Morgan fingerprint density at radius 2 is 1.90 bits per heavy atom. The smallest absolute Gasteiger partial charge is 0.423 e. The summed E-state index contributed by atoms with van der Waals surface area (Å²) in [6.07, 6.45) is 6.27. The molecule has 3 nitrogen and oxygen atoms in total. The summed E-state index contributed by atoms with van der Waals surface area (Å²) < 4.78 is 13.5. The van der Waals surface area contributed by atoms with Crippen LogP contribution in [0.25, 0.3) is 0 Å². The molecule has 0 saturated heterocycles. The third-order valence-electron chi connectivity index (χ3n) is 4.79. The van der Waals surface area contributed by atoms with Crippen molar-refractivity contribution >= 4 is 12.6 Å². The summed E-state index contributed by atoms with van der Waals surface area (Å²) in [5.41, 5.74) is 0.871. The molecule has 0 unspecified atom stereocenters. The lowest BCUT2D eigenvalue weighted by atomic mass is 9.79. The molecule has 1 aromatic carbocycles. The van der Waals surface area contributed by atoms with Gasteiger partial charge in [0.05, 0.1) is 0 Å². The van der Waals surface area contributed by atoms with Gasteiger partial charge < -0.3 is 10.0 Å². The van der Waals surface area contributed by atoms with Crippen molar-refractivity contribution in [2.45, 2.75) is 51.6 Å². The van der Waals surface area contributed by atoms with Crippen molar-refractivity contribution in [2.75, 3.05) is 7.05 Å². The Hall–Kier alpha value is -0.905. The van der Waals surface area contributed by atoms with E-state index in [-0.39, 0.29) is 5.46 Å². The first-order valence-electron chi connectivity index (χ1n) is 7.86. The summed E-state index contributed by atoms with van der Waals surface area (Å²) in [6, 6.07) is 5.15. The lowest BCUT2D eigenvalue weighted by Crippen LogP contribution is -2.36. The predicted octanol–water partition coefficient (Wildman–Crippen LogP) is 1.91. The van der Waals surface area contributed by atoms with Gasteiger partial charge in [-0.2, -0.15) is 0 Å². The van der Waals surface area contributed by atoms with Gasteiger partial charge in [0.2, 0.25) is 0 Å². The van der Waals surface area contributed by atoms with Gasteiger partial charge in [-0.15, -0.1) is 0 Å². The molecule has 0 amide bonds. The van der Waals surface area contributed by atoms with Crippen LogP contribution < -0.4 is 5.46 Å². The third-order valence-corrected chi connectivity index (χ3v) is 4.79. The molecule has 1 aliphatic rings. The molecule has 5 heteroatoms. The molecule has 0 spiro atoms. The number of rotatable bonds is 5. The van der Waals surface area contributed by atoms with E-state index in [1.807, 2.05) is 0 Å². The standard InChI is InChI=1S/C16H25BFNO2/c1-3-12-4-7-14(8-5-12)19(2)11-13-6-9-16(18)15(10-13)17(20)21/h6,9-10,12,14,20-21H,3-5,7-8,11H2,1-2H3. The van der Waals surface area contributed by atoms with Crippen LogP contribution in [0, 0.1) is 11.7 Å². The Bertz CT molecular complexity index is 462. The second kappa shape index (κ2) is 7.39. The fraction of sp³-hybridized carbons (Fsp3) is 0.625. The van der Waals surface area contributed by atoms with Crippen LogP contribution in [-0.4, -0.2) is 35.2 Å². The highest BCUT2D eigenvalue weighted by molar-refractivity contribution is 6.58. The van der Waals surface area contributed by atoms with Gasteiger partial charge in [0.25, 0.3) is 0 Å². The summed E-state index contributed by atoms with van der Waals surface area (Å²) in [4.78, 5) is 2.30. The molecule has 2 rings (SSSR count). The lowest BCUT2D eigenvalue weighted by Gasteiger charge is -2.34. The topological polar surface area (TPSA) is 43.7 Å². The molecular weight excluding hydrogens is 268 g/mol. The highest BCUT2D eigenvalue weighted by Gasteiger charge is 2.23. The van der Waals surface area contributed by atoms with E-state index in [0.717, 1.165) is 11.5 Å².